The van der Waals surface area contributed by atoms with Gasteiger partial charge in [0.25, 0.3) is 0 Å². The Kier molecular flexibility index (Phi) is 3.92. The first-order chi connectivity index (χ1) is 10.9. The number of nitrogens with zero attached hydrogens (tertiary/aromatic N) is 1. The van der Waals surface area contributed by atoms with E-state index in [9.17, 15) is 13.6 Å². The average Bonchev–Trinajstić information content (AvgIpc) is 3.00. The second kappa shape index (κ2) is 5.76. The van der Waals surface area contributed by atoms with Gasteiger partial charge >= 0.3 is 0 Å². The van der Waals surface area contributed by atoms with Gasteiger partial charge in [-0.15, -0.1) is 0 Å². The van der Waals surface area contributed by atoms with Crippen molar-refractivity contribution in [3.63, 3.8) is 0 Å². The van der Waals surface area contributed by atoms with E-state index in [1.54, 1.807) is 6.07 Å². The van der Waals surface area contributed by atoms with E-state index in [-0.39, 0.29) is 16.5 Å². The second-order valence-electron chi connectivity index (χ2n) is 6.43. The number of aromatic amines is 1. The molecular weight excluding hydrogens is 300 g/mol. The molecule has 1 amide bonds. The zero-order chi connectivity index (χ0) is 16.6. The van der Waals surface area contributed by atoms with Crippen molar-refractivity contribution in [1.82, 2.24) is 10.2 Å². The fourth-order valence-corrected chi connectivity index (χ4v) is 3.24. The van der Waals surface area contributed by atoms with Crippen LogP contribution >= 0.6 is 0 Å². The molecule has 0 spiro atoms. The Labute approximate surface area is 133 Å². The van der Waals surface area contributed by atoms with Crippen LogP contribution in [0.3, 0.4) is 0 Å². The van der Waals surface area contributed by atoms with E-state index in [2.05, 4.69) is 10.2 Å². The Hall–Kier alpha value is -2.24. The number of carbonyl (C=O) groups excluding carboxylic acids is 1. The van der Waals surface area contributed by atoms with Gasteiger partial charge in [0.15, 0.2) is 0 Å². The molecule has 1 heterocycles. The standard InChI is InChI=1S/C17H19F2N3O/c1-17(7-5-10(18)6-8-17)14-9-13(21-22-14)15-11(16(20)23)3-2-4-12(15)19/h2-4,9-10H,5-8H2,1H3,(H2,20,23)(H,21,22). The molecule has 1 saturated carbocycles. The number of nitrogens with one attached hydrogen (secondary N) is 1. The number of rotatable bonds is 3. The first-order valence-corrected chi connectivity index (χ1v) is 7.69. The third kappa shape index (κ3) is 2.85. The van der Waals surface area contributed by atoms with Crippen molar-refractivity contribution in [3.8, 4) is 11.3 Å². The third-order valence-electron chi connectivity index (χ3n) is 4.78. The van der Waals surface area contributed by atoms with Crippen LogP contribution in [-0.2, 0) is 5.41 Å². The summed E-state index contributed by atoms with van der Waals surface area (Å²) < 4.78 is 27.6. The first kappa shape index (κ1) is 15.6. The topological polar surface area (TPSA) is 71.8 Å². The minimum Gasteiger partial charge on any atom is -0.366 e. The lowest BCUT2D eigenvalue weighted by Gasteiger charge is -2.33. The molecule has 0 atom stereocenters. The summed E-state index contributed by atoms with van der Waals surface area (Å²) in [5.41, 5.74) is 6.48. The van der Waals surface area contributed by atoms with Crippen molar-refractivity contribution < 1.29 is 13.6 Å². The molecule has 1 aromatic heterocycles. The van der Waals surface area contributed by atoms with Crippen LogP contribution in [0, 0.1) is 5.82 Å². The molecule has 6 heteroatoms. The highest BCUT2D eigenvalue weighted by molar-refractivity contribution is 5.99. The van der Waals surface area contributed by atoms with E-state index >= 15 is 0 Å². The first-order valence-electron chi connectivity index (χ1n) is 7.69. The highest BCUT2D eigenvalue weighted by Gasteiger charge is 2.34. The summed E-state index contributed by atoms with van der Waals surface area (Å²) in [5, 5.41) is 7.09. The van der Waals surface area contributed by atoms with Crippen molar-refractivity contribution in [1.29, 1.82) is 0 Å². The monoisotopic (exact) mass is 319 g/mol. The van der Waals surface area contributed by atoms with Crippen molar-refractivity contribution >= 4 is 5.91 Å². The molecule has 1 fully saturated rings. The predicted molar refractivity (Wildman–Crippen MR) is 83.2 cm³/mol. The van der Waals surface area contributed by atoms with Gasteiger partial charge < -0.3 is 5.73 Å². The predicted octanol–water partition coefficient (Wildman–Crippen LogP) is 3.48. The lowest BCUT2D eigenvalue weighted by Crippen LogP contribution is -2.29. The van der Waals surface area contributed by atoms with E-state index in [4.69, 9.17) is 5.73 Å². The zero-order valence-corrected chi connectivity index (χ0v) is 12.9. The van der Waals surface area contributed by atoms with Crippen LogP contribution in [-0.4, -0.2) is 22.3 Å². The molecule has 0 aliphatic heterocycles. The van der Waals surface area contributed by atoms with Gasteiger partial charge in [0.05, 0.1) is 16.8 Å². The summed E-state index contributed by atoms with van der Waals surface area (Å²) in [6.07, 6.45) is 1.68. The minimum atomic E-state index is -0.751. The number of halogens is 2. The summed E-state index contributed by atoms with van der Waals surface area (Å²) in [7, 11) is 0. The summed E-state index contributed by atoms with van der Waals surface area (Å²) in [4.78, 5) is 11.5. The Morgan fingerprint density at radius 3 is 2.74 bits per heavy atom. The Balaban J connectivity index is 1.99. The molecule has 3 N–H and O–H groups in total. The van der Waals surface area contributed by atoms with E-state index in [1.165, 1.54) is 18.2 Å². The van der Waals surface area contributed by atoms with Crippen LogP contribution in [0.25, 0.3) is 11.3 Å². The zero-order valence-electron chi connectivity index (χ0n) is 12.9. The number of carbonyl (C=O) groups is 1. The SMILES string of the molecule is CC1(c2cc(-c3c(F)cccc3C(N)=O)n[nH]2)CCC(F)CC1. The number of H-pyrrole nitrogens is 1. The van der Waals surface area contributed by atoms with Crippen LogP contribution < -0.4 is 5.73 Å². The number of benzene rings is 1. The number of amides is 1. The maximum atomic E-state index is 14.2. The molecule has 0 radical (unpaired) electrons. The van der Waals surface area contributed by atoms with Crippen LogP contribution in [0.2, 0.25) is 0 Å². The largest absolute Gasteiger partial charge is 0.366 e. The number of nitrogens with two attached hydrogens (primary N) is 1. The Morgan fingerprint density at radius 2 is 2.09 bits per heavy atom. The molecular formula is C17H19F2N3O. The molecule has 23 heavy (non-hydrogen) atoms. The third-order valence-corrected chi connectivity index (χ3v) is 4.78. The molecule has 0 bridgehead atoms. The fourth-order valence-electron chi connectivity index (χ4n) is 3.24. The number of alkyl halides is 1. The van der Waals surface area contributed by atoms with Gasteiger partial charge in [-0.05, 0) is 43.9 Å². The highest BCUT2D eigenvalue weighted by atomic mass is 19.1. The smallest absolute Gasteiger partial charge is 0.249 e. The van der Waals surface area contributed by atoms with E-state index in [0.717, 1.165) is 5.69 Å². The van der Waals surface area contributed by atoms with Crippen molar-refractivity contribution in [2.75, 3.05) is 0 Å². The van der Waals surface area contributed by atoms with E-state index in [0.29, 0.717) is 31.4 Å². The number of hydrogen-bond donors (Lipinski definition) is 2. The molecule has 4 nitrogen and oxygen atoms in total. The van der Waals surface area contributed by atoms with Crippen molar-refractivity contribution in [2.45, 2.75) is 44.2 Å². The van der Waals surface area contributed by atoms with Gasteiger partial charge in [0.2, 0.25) is 5.91 Å². The van der Waals surface area contributed by atoms with Crippen molar-refractivity contribution in [3.05, 3.63) is 41.3 Å². The fraction of sp³-hybridized carbons (Fsp3) is 0.412. The number of hydrogen-bond acceptors (Lipinski definition) is 2. The molecule has 2 aromatic rings. The normalized spacial score (nSPS) is 24.6. The quantitative estimate of drug-likeness (QED) is 0.909. The van der Waals surface area contributed by atoms with E-state index < -0.39 is 17.9 Å². The van der Waals surface area contributed by atoms with Gasteiger partial charge in [0.1, 0.15) is 12.0 Å². The maximum absolute atomic E-state index is 14.2. The summed E-state index contributed by atoms with van der Waals surface area (Å²) >= 11 is 0. The molecule has 3 rings (SSSR count). The number of aromatic nitrogens is 2. The second-order valence-corrected chi connectivity index (χ2v) is 6.43. The average molecular weight is 319 g/mol. The van der Waals surface area contributed by atoms with Crippen LogP contribution in [0.5, 0.6) is 0 Å². The Morgan fingerprint density at radius 1 is 1.39 bits per heavy atom. The molecule has 0 unspecified atom stereocenters. The minimum absolute atomic E-state index is 0.0978. The maximum Gasteiger partial charge on any atom is 0.249 e. The van der Waals surface area contributed by atoms with Gasteiger partial charge in [-0.25, -0.2) is 8.78 Å². The van der Waals surface area contributed by atoms with E-state index in [1.807, 2.05) is 6.92 Å². The van der Waals surface area contributed by atoms with Crippen LogP contribution in [0.15, 0.2) is 24.3 Å². The van der Waals surface area contributed by atoms with Gasteiger partial charge in [-0.1, -0.05) is 13.0 Å². The lowest BCUT2D eigenvalue weighted by molar-refractivity contribution is 0.100. The van der Waals surface area contributed by atoms with Gasteiger partial charge in [-0.2, -0.15) is 5.10 Å². The lowest BCUT2D eigenvalue weighted by atomic mass is 9.73. The molecule has 122 valence electrons. The molecule has 1 aliphatic rings. The Bertz CT molecular complexity index is 733. The molecule has 1 aromatic carbocycles. The summed E-state index contributed by atoms with van der Waals surface area (Å²) in [5.74, 6) is -1.25. The van der Waals surface area contributed by atoms with Crippen LogP contribution in [0.1, 0.15) is 48.7 Å². The number of primary amides is 1. The molecule has 0 saturated heterocycles. The van der Waals surface area contributed by atoms with Crippen molar-refractivity contribution in [2.24, 2.45) is 5.73 Å². The summed E-state index contributed by atoms with van der Waals surface area (Å²) in [6, 6.07) is 5.93. The van der Waals surface area contributed by atoms with Gasteiger partial charge in [0, 0.05) is 11.1 Å². The van der Waals surface area contributed by atoms with Crippen LogP contribution in [0.4, 0.5) is 8.78 Å². The molecule has 1 aliphatic carbocycles. The highest BCUT2D eigenvalue weighted by Crippen LogP contribution is 2.40. The van der Waals surface area contributed by atoms with Gasteiger partial charge in [-0.3, -0.25) is 9.89 Å². The summed E-state index contributed by atoms with van der Waals surface area (Å²) in [6.45, 7) is 2.05.